The van der Waals surface area contributed by atoms with E-state index in [1.54, 1.807) is 0 Å². The number of benzene rings is 1. The summed E-state index contributed by atoms with van der Waals surface area (Å²) in [5.41, 5.74) is 7.12. The maximum absolute atomic E-state index is 5.81. The summed E-state index contributed by atoms with van der Waals surface area (Å²) in [4.78, 5) is 0. The van der Waals surface area contributed by atoms with Crippen molar-refractivity contribution in [1.82, 2.24) is 0 Å². The first-order valence-electron chi connectivity index (χ1n) is 6.47. The first-order chi connectivity index (χ1) is 8.04. The summed E-state index contributed by atoms with van der Waals surface area (Å²) in [6.07, 6.45) is 0. The highest BCUT2D eigenvalue weighted by molar-refractivity contribution is 5.30. The van der Waals surface area contributed by atoms with Gasteiger partial charge in [0, 0.05) is 0 Å². The third kappa shape index (κ3) is 4.39. The van der Waals surface area contributed by atoms with Crippen molar-refractivity contribution in [2.45, 2.75) is 33.6 Å². The van der Waals surface area contributed by atoms with Crippen LogP contribution in [0, 0.1) is 11.8 Å². The highest BCUT2D eigenvalue weighted by atomic mass is 16.5. The molecule has 0 aromatic heterocycles. The highest BCUT2D eigenvalue weighted by Crippen LogP contribution is 2.25. The second-order valence-corrected chi connectivity index (χ2v) is 5.36. The minimum absolute atomic E-state index is 0.439. The molecular formula is C15H25NO. The molecule has 0 amide bonds. The van der Waals surface area contributed by atoms with Gasteiger partial charge in [-0.25, -0.2) is 0 Å². The second-order valence-electron chi connectivity index (χ2n) is 5.36. The van der Waals surface area contributed by atoms with E-state index in [0.29, 0.717) is 24.3 Å². The van der Waals surface area contributed by atoms with E-state index in [9.17, 15) is 0 Å². The maximum atomic E-state index is 5.81. The van der Waals surface area contributed by atoms with Crippen LogP contribution in [0.25, 0.3) is 0 Å². The van der Waals surface area contributed by atoms with E-state index < -0.39 is 0 Å². The van der Waals surface area contributed by atoms with Crippen LogP contribution in [0.2, 0.25) is 0 Å². The van der Waals surface area contributed by atoms with E-state index in [-0.39, 0.29) is 0 Å². The van der Waals surface area contributed by atoms with Gasteiger partial charge >= 0.3 is 0 Å². The van der Waals surface area contributed by atoms with Gasteiger partial charge in [0.05, 0.1) is 6.61 Å². The van der Waals surface area contributed by atoms with E-state index in [1.165, 1.54) is 5.56 Å². The molecule has 0 fully saturated rings. The lowest BCUT2D eigenvalue weighted by Crippen LogP contribution is -2.17. The summed E-state index contributed by atoms with van der Waals surface area (Å²) in [6, 6.07) is 8.35. The zero-order valence-electron chi connectivity index (χ0n) is 11.4. The predicted molar refractivity (Wildman–Crippen MR) is 73.4 cm³/mol. The largest absolute Gasteiger partial charge is 0.493 e. The first kappa shape index (κ1) is 14.0. The number of hydrogen-bond acceptors (Lipinski definition) is 2. The standard InChI is InChI=1S/C15H25NO/c1-11(2)10-17-14-7-5-13(6-8-14)15(9-16)12(3)4/h5-8,11-12,15H,9-10,16H2,1-4H3. The average Bonchev–Trinajstić information content (AvgIpc) is 2.28. The van der Waals surface area contributed by atoms with Crippen LogP contribution in [0.15, 0.2) is 24.3 Å². The summed E-state index contributed by atoms with van der Waals surface area (Å²) in [6.45, 7) is 10.2. The molecule has 0 radical (unpaired) electrons. The molecule has 0 saturated carbocycles. The summed E-state index contributed by atoms with van der Waals surface area (Å²) >= 11 is 0. The fraction of sp³-hybridized carbons (Fsp3) is 0.600. The highest BCUT2D eigenvalue weighted by Gasteiger charge is 2.13. The van der Waals surface area contributed by atoms with Gasteiger partial charge in [0.1, 0.15) is 5.75 Å². The minimum atomic E-state index is 0.439. The normalized spacial score (nSPS) is 13.1. The molecule has 1 rings (SSSR count). The Morgan fingerprint density at radius 3 is 2.06 bits per heavy atom. The molecule has 96 valence electrons. The molecule has 0 bridgehead atoms. The Bertz CT molecular complexity index is 316. The Morgan fingerprint density at radius 1 is 1.06 bits per heavy atom. The summed E-state index contributed by atoms with van der Waals surface area (Å²) < 4.78 is 5.67. The molecule has 1 atom stereocenters. The van der Waals surface area contributed by atoms with Gasteiger partial charge in [-0.1, -0.05) is 39.8 Å². The number of nitrogens with two attached hydrogens (primary N) is 1. The molecule has 0 spiro atoms. The van der Waals surface area contributed by atoms with Crippen molar-refractivity contribution >= 4 is 0 Å². The molecule has 1 aromatic carbocycles. The van der Waals surface area contributed by atoms with Gasteiger partial charge in [-0.15, -0.1) is 0 Å². The summed E-state index contributed by atoms with van der Waals surface area (Å²) in [5, 5.41) is 0. The zero-order chi connectivity index (χ0) is 12.8. The first-order valence-corrected chi connectivity index (χ1v) is 6.47. The van der Waals surface area contributed by atoms with Crippen LogP contribution >= 0.6 is 0 Å². The van der Waals surface area contributed by atoms with Crippen LogP contribution in [0.1, 0.15) is 39.2 Å². The predicted octanol–water partition coefficient (Wildman–Crippen LogP) is 3.42. The van der Waals surface area contributed by atoms with Gasteiger partial charge in [0.15, 0.2) is 0 Å². The van der Waals surface area contributed by atoms with Crippen LogP contribution in [0.5, 0.6) is 5.75 Å². The molecule has 0 aliphatic rings. The van der Waals surface area contributed by atoms with Gasteiger partial charge in [0.2, 0.25) is 0 Å². The van der Waals surface area contributed by atoms with Crippen molar-refractivity contribution < 1.29 is 4.74 Å². The monoisotopic (exact) mass is 235 g/mol. The molecule has 2 heteroatoms. The van der Waals surface area contributed by atoms with Gasteiger partial charge < -0.3 is 10.5 Å². The molecule has 2 N–H and O–H groups in total. The van der Waals surface area contributed by atoms with Crippen molar-refractivity contribution in [2.75, 3.05) is 13.2 Å². The molecule has 0 aliphatic heterocycles. The van der Waals surface area contributed by atoms with Crippen LogP contribution in [0.4, 0.5) is 0 Å². The lowest BCUT2D eigenvalue weighted by atomic mass is 9.89. The van der Waals surface area contributed by atoms with Crippen LogP contribution in [0.3, 0.4) is 0 Å². The van der Waals surface area contributed by atoms with Crippen LogP contribution in [-0.4, -0.2) is 13.2 Å². The van der Waals surface area contributed by atoms with Gasteiger partial charge in [-0.3, -0.25) is 0 Å². The van der Waals surface area contributed by atoms with Crippen LogP contribution < -0.4 is 10.5 Å². The van der Waals surface area contributed by atoms with Crippen LogP contribution in [-0.2, 0) is 0 Å². The third-order valence-electron chi connectivity index (χ3n) is 2.95. The second kappa shape index (κ2) is 6.65. The molecule has 1 unspecified atom stereocenters. The molecular weight excluding hydrogens is 210 g/mol. The Morgan fingerprint density at radius 2 is 1.65 bits per heavy atom. The van der Waals surface area contributed by atoms with E-state index in [2.05, 4.69) is 39.8 Å². The van der Waals surface area contributed by atoms with E-state index in [0.717, 1.165) is 12.4 Å². The number of hydrogen-bond donors (Lipinski definition) is 1. The third-order valence-corrected chi connectivity index (χ3v) is 2.95. The quantitative estimate of drug-likeness (QED) is 0.820. The summed E-state index contributed by atoms with van der Waals surface area (Å²) in [7, 11) is 0. The molecule has 2 nitrogen and oxygen atoms in total. The Balaban J connectivity index is 2.66. The summed E-state index contributed by atoms with van der Waals surface area (Å²) in [5.74, 6) is 2.51. The Kier molecular flexibility index (Phi) is 5.49. The fourth-order valence-corrected chi connectivity index (χ4v) is 1.87. The van der Waals surface area contributed by atoms with Gasteiger partial charge in [0.25, 0.3) is 0 Å². The topological polar surface area (TPSA) is 35.2 Å². The lowest BCUT2D eigenvalue weighted by Gasteiger charge is -2.19. The van der Waals surface area contributed by atoms with Gasteiger partial charge in [-0.05, 0) is 42.0 Å². The van der Waals surface area contributed by atoms with Crippen molar-refractivity contribution in [3.63, 3.8) is 0 Å². The minimum Gasteiger partial charge on any atom is -0.493 e. The smallest absolute Gasteiger partial charge is 0.119 e. The van der Waals surface area contributed by atoms with E-state index in [4.69, 9.17) is 10.5 Å². The Hall–Kier alpha value is -1.02. The molecule has 0 saturated heterocycles. The maximum Gasteiger partial charge on any atom is 0.119 e. The van der Waals surface area contributed by atoms with E-state index in [1.807, 2.05) is 12.1 Å². The SMILES string of the molecule is CC(C)COc1ccc(C(CN)C(C)C)cc1. The molecule has 1 aromatic rings. The van der Waals surface area contributed by atoms with Crippen molar-refractivity contribution in [2.24, 2.45) is 17.6 Å². The Labute approximate surface area is 105 Å². The number of rotatable bonds is 6. The van der Waals surface area contributed by atoms with Crippen molar-refractivity contribution in [3.8, 4) is 5.75 Å². The van der Waals surface area contributed by atoms with Crippen molar-refractivity contribution in [1.29, 1.82) is 0 Å². The molecule has 0 aliphatic carbocycles. The number of ether oxygens (including phenoxy) is 1. The molecule has 17 heavy (non-hydrogen) atoms. The van der Waals surface area contributed by atoms with Crippen molar-refractivity contribution in [3.05, 3.63) is 29.8 Å². The van der Waals surface area contributed by atoms with E-state index >= 15 is 0 Å². The van der Waals surface area contributed by atoms with Gasteiger partial charge in [-0.2, -0.15) is 0 Å². The fourth-order valence-electron chi connectivity index (χ4n) is 1.87. The molecule has 0 heterocycles. The lowest BCUT2D eigenvalue weighted by molar-refractivity contribution is 0.271. The zero-order valence-corrected chi connectivity index (χ0v) is 11.4. The average molecular weight is 235 g/mol.